The lowest BCUT2D eigenvalue weighted by Gasteiger charge is -2.19. The third kappa shape index (κ3) is 8.07. The second-order valence-corrected chi connectivity index (χ2v) is 5.79. The zero-order chi connectivity index (χ0) is 21.1. The molecule has 0 spiro atoms. The number of alkyl carbamates (subject to hydrolysis) is 1. The Morgan fingerprint density at radius 2 is 1.64 bits per heavy atom. The number of esters is 3. The van der Waals surface area contributed by atoms with Gasteiger partial charge < -0.3 is 24.3 Å². The molecule has 0 saturated carbocycles. The molecule has 1 N–H and O–H groups in total. The van der Waals surface area contributed by atoms with E-state index in [1.165, 1.54) is 21.0 Å². The molecule has 154 valence electrons. The molecule has 0 aliphatic heterocycles. The van der Waals surface area contributed by atoms with Crippen molar-refractivity contribution in [1.29, 1.82) is 0 Å². The van der Waals surface area contributed by atoms with E-state index in [-0.39, 0.29) is 19.6 Å². The molecule has 0 bridgehead atoms. The summed E-state index contributed by atoms with van der Waals surface area (Å²) < 4.78 is 19.6. The number of carbonyl (C=O) groups is 4. The van der Waals surface area contributed by atoms with E-state index in [2.05, 4.69) is 5.32 Å². The van der Waals surface area contributed by atoms with Crippen LogP contribution in [0, 0.1) is 0 Å². The van der Waals surface area contributed by atoms with E-state index in [1.54, 1.807) is 31.2 Å². The topological polar surface area (TPSA) is 117 Å². The largest absolute Gasteiger partial charge is 0.467 e. The van der Waals surface area contributed by atoms with Gasteiger partial charge in [-0.05, 0) is 18.1 Å². The summed E-state index contributed by atoms with van der Waals surface area (Å²) in [6.07, 6.45) is -1.29. The van der Waals surface area contributed by atoms with Gasteiger partial charge in [-0.15, -0.1) is 0 Å². The monoisotopic (exact) mass is 395 g/mol. The third-order valence-electron chi connectivity index (χ3n) is 3.59. The summed E-state index contributed by atoms with van der Waals surface area (Å²) in [6.45, 7) is 4.24. The first kappa shape index (κ1) is 22.9. The van der Waals surface area contributed by atoms with E-state index in [0.29, 0.717) is 5.56 Å². The Bertz CT molecular complexity index is 686. The minimum absolute atomic E-state index is 0.108. The highest BCUT2D eigenvalue weighted by Crippen LogP contribution is 2.20. The fraction of sp³-hybridized carbons (Fsp3) is 0.474. The number of hydrogen-bond acceptors (Lipinski definition) is 8. The van der Waals surface area contributed by atoms with Crippen molar-refractivity contribution in [3.8, 4) is 0 Å². The first-order chi connectivity index (χ1) is 13.3. The number of benzene rings is 1. The Kier molecular flexibility index (Phi) is 9.49. The molecule has 1 amide bonds. The molecule has 0 aromatic heterocycles. The van der Waals surface area contributed by atoms with Crippen LogP contribution in [0.3, 0.4) is 0 Å². The number of carbonyl (C=O) groups excluding carboxylic acids is 4. The molecular weight excluding hydrogens is 370 g/mol. The Morgan fingerprint density at radius 3 is 2.14 bits per heavy atom. The standard InChI is InChI=1S/C19H25NO8/c1-5-26-19(24)20-16(18(23)25-4)10-14-6-8-15(9-7-14)17(28-13(3)22)11-27-12(2)21/h6-9,16-17H,5,10-11H2,1-4H3,(H,20,24). The van der Waals surface area contributed by atoms with Crippen LogP contribution in [0.1, 0.15) is 38.0 Å². The zero-order valence-corrected chi connectivity index (χ0v) is 16.4. The van der Waals surface area contributed by atoms with Gasteiger partial charge in [-0.25, -0.2) is 9.59 Å². The van der Waals surface area contributed by atoms with Crippen LogP contribution in [0.5, 0.6) is 0 Å². The fourth-order valence-corrected chi connectivity index (χ4v) is 2.35. The molecule has 2 unspecified atom stereocenters. The van der Waals surface area contributed by atoms with Gasteiger partial charge in [0.15, 0.2) is 6.10 Å². The van der Waals surface area contributed by atoms with Crippen LogP contribution in [0.2, 0.25) is 0 Å². The summed E-state index contributed by atoms with van der Waals surface area (Å²) in [7, 11) is 1.23. The molecule has 1 aromatic carbocycles. The van der Waals surface area contributed by atoms with Gasteiger partial charge in [0.1, 0.15) is 12.6 Å². The molecule has 28 heavy (non-hydrogen) atoms. The predicted molar refractivity (Wildman–Crippen MR) is 97.2 cm³/mol. The lowest BCUT2D eigenvalue weighted by Crippen LogP contribution is -2.43. The second kappa shape index (κ2) is 11.6. The highest BCUT2D eigenvalue weighted by Gasteiger charge is 2.23. The van der Waals surface area contributed by atoms with Crippen molar-refractivity contribution < 1.29 is 38.1 Å². The van der Waals surface area contributed by atoms with Crippen molar-refractivity contribution in [3.05, 3.63) is 35.4 Å². The molecule has 0 radical (unpaired) electrons. The van der Waals surface area contributed by atoms with Crippen molar-refractivity contribution in [1.82, 2.24) is 5.32 Å². The summed E-state index contributed by atoms with van der Waals surface area (Å²) in [5.41, 5.74) is 1.35. The maximum atomic E-state index is 11.9. The number of nitrogens with one attached hydrogen (secondary N) is 1. The van der Waals surface area contributed by atoms with Crippen molar-refractivity contribution in [3.63, 3.8) is 0 Å². The summed E-state index contributed by atoms with van der Waals surface area (Å²) in [4.78, 5) is 45.8. The Labute approximate surface area is 163 Å². The van der Waals surface area contributed by atoms with Gasteiger partial charge in [-0.1, -0.05) is 24.3 Å². The number of methoxy groups -OCH3 is 1. The Balaban J connectivity index is 2.88. The molecular formula is C19H25NO8. The fourth-order valence-electron chi connectivity index (χ4n) is 2.35. The highest BCUT2D eigenvalue weighted by molar-refractivity contribution is 5.81. The van der Waals surface area contributed by atoms with Gasteiger partial charge in [-0.3, -0.25) is 9.59 Å². The molecule has 0 fully saturated rings. The van der Waals surface area contributed by atoms with Gasteiger partial charge >= 0.3 is 24.0 Å². The van der Waals surface area contributed by atoms with Crippen LogP contribution in [-0.2, 0) is 39.8 Å². The molecule has 0 saturated heterocycles. The maximum Gasteiger partial charge on any atom is 0.407 e. The van der Waals surface area contributed by atoms with Crippen LogP contribution >= 0.6 is 0 Å². The van der Waals surface area contributed by atoms with E-state index in [1.807, 2.05) is 0 Å². The number of ether oxygens (including phenoxy) is 4. The van der Waals surface area contributed by atoms with Crippen molar-refractivity contribution in [2.24, 2.45) is 0 Å². The summed E-state index contributed by atoms with van der Waals surface area (Å²) in [5, 5.41) is 2.45. The summed E-state index contributed by atoms with van der Waals surface area (Å²) in [5.74, 6) is -1.60. The quantitative estimate of drug-likeness (QED) is 0.496. The minimum atomic E-state index is -0.916. The molecule has 0 heterocycles. The van der Waals surface area contributed by atoms with Gasteiger partial charge in [0, 0.05) is 20.3 Å². The Morgan fingerprint density at radius 1 is 1.00 bits per heavy atom. The average Bonchev–Trinajstić information content (AvgIpc) is 2.64. The van der Waals surface area contributed by atoms with E-state index < -0.39 is 36.1 Å². The SMILES string of the molecule is CCOC(=O)NC(Cc1ccc(C(COC(C)=O)OC(C)=O)cc1)C(=O)OC. The average molecular weight is 395 g/mol. The number of amides is 1. The van der Waals surface area contributed by atoms with Crippen LogP contribution in [0.25, 0.3) is 0 Å². The molecule has 0 aliphatic rings. The smallest absolute Gasteiger partial charge is 0.407 e. The first-order valence-corrected chi connectivity index (χ1v) is 8.67. The van der Waals surface area contributed by atoms with E-state index >= 15 is 0 Å². The van der Waals surface area contributed by atoms with E-state index in [9.17, 15) is 19.2 Å². The first-order valence-electron chi connectivity index (χ1n) is 8.67. The summed E-state index contributed by atoms with van der Waals surface area (Å²) in [6, 6.07) is 5.88. The van der Waals surface area contributed by atoms with Gasteiger partial charge in [0.2, 0.25) is 0 Å². The van der Waals surface area contributed by atoms with Crippen molar-refractivity contribution in [2.75, 3.05) is 20.3 Å². The molecule has 0 aliphatic carbocycles. The van der Waals surface area contributed by atoms with Gasteiger partial charge in [0.05, 0.1) is 13.7 Å². The molecule has 1 aromatic rings. The Hall–Kier alpha value is -3.10. The summed E-state index contributed by atoms with van der Waals surface area (Å²) >= 11 is 0. The molecule has 9 nitrogen and oxygen atoms in total. The highest BCUT2D eigenvalue weighted by atomic mass is 16.6. The van der Waals surface area contributed by atoms with E-state index in [0.717, 1.165) is 5.56 Å². The van der Waals surface area contributed by atoms with Gasteiger partial charge in [0.25, 0.3) is 0 Å². The predicted octanol–water partition coefficient (Wildman–Crippen LogP) is 1.68. The van der Waals surface area contributed by atoms with Gasteiger partial charge in [-0.2, -0.15) is 0 Å². The molecule has 9 heteroatoms. The number of hydrogen-bond donors (Lipinski definition) is 1. The van der Waals surface area contributed by atoms with E-state index in [4.69, 9.17) is 18.9 Å². The normalized spacial score (nSPS) is 12.3. The zero-order valence-electron chi connectivity index (χ0n) is 16.4. The van der Waals surface area contributed by atoms with Crippen molar-refractivity contribution in [2.45, 2.75) is 39.3 Å². The molecule has 2 atom stereocenters. The second-order valence-electron chi connectivity index (χ2n) is 5.79. The van der Waals surface area contributed by atoms with Crippen LogP contribution in [0.15, 0.2) is 24.3 Å². The number of rotatable bonds is 9. The van der Waals surface area contributed by atoms with Crippen molar-refractivity contribution >= 4 is 24.0 Å². The molecule has 1 rings (SSSR count). The lowest BCUT2D eigenvalue weighted by molar-refractivity contribution is -0.156. The van der Waals surface area contributed by atoms with Crippen LogP contribution < -0.4 is 5.32 Å². The third-order valence-corrected chi connectivity index (χ3v) is 3.59. The lowest BCUT2D eigenvalue weighted by atomic mass is 10.0. The van der Waals surface area contributed by atoms with Crippen LogP contribution in [0.4, 0.5) is 4.79 Å². The van der Waals surface area contributed by atoms with Crippen LogP contribution in [-0.4, -0.2) is 50.4 Å². The minimum Gasteiger partial charge on any atom is -0.467 e. The maximum absolute atomic E-state index is 11.9.